The third kappa shape index (κ3) is 7.91. The van der Waals surface area contributed by atoms with E-state index in [2.05, 4.69) is 112 Å². The first kappa shape index (κ1) is 39.0. The van der Waals surface area contributed by atoms with Crippen molar-refractivity contribution >= 4 is 53.5 Å². The highest BCUT2D eigenvalue weighted by Gasteiger charge is 2.55. The highest BCUT2D eigenvalue weighted by Crippen LogP contribution is 2.47. The van der Waals surface area contributed by atoms with Crippen molar-refractivity contribution in [2.45, 2.75) is 141 Å². The number of hydrogen-bond acceptors (Lipinski definition) is 8. The van der Waals surface area contributed by atoms with Gasteiger partial charge < -0.3 is 18.0 Å². The molecule has 4 rings (SSSR count). The van der Waals surface area contributed by atoms with Crippen molar-refractivity contribution in [1.82, 2.24) is 19.5 Å². The van der Waals surface area contributed by atoms with Crippen LogP contribution in [0.4, 0.5) is 0 Å². The Hall–Kier alpha value is -1.78. The van der Waals surface area contributed by atoms with Crippen LogP contribution in [0.3, 0.4) is 0 Å². The van der Waals surface area contributed by atoms with Gasteiger partial charge in [-0.25, -0.2) is 15.0 Å². The fraction of sp³-hybridized carbons (Fsp3) is 0.657. The fourth-order valence-corrected chi connectivity index (χ4v) is 8.60. The zero-order valence-corrected chi connectivity index (χ0v) is 35.4. The summed E-state index contributed by atoms with van der Waals surface area (Å²) in [6.07, 6.45) is -0.358. The lowest BCUT2D eigenvalue weighted by Gasteiger charge is -2.44. The van der Waals surface area contributed by atoms with Crippen LogP contribution in [0.5, 0.6) is 0 Å². The maximum Gasteiger partial charge on any atom is 0.230 e. The van der Waals surface area contributed by atoms with Crippen LogP contribution in [0.15, 0.2) is 36.7 Å². The molecule has 0 spiro atoms. The third-order valence-corrected chi connectivity index (χ3v) is 24.8. The van der Waals surface area contributed by atoms with Gasteiger partial charge in [-0.2, -0.15) is 0 Å². The molecule has 0 unspecified atom stereocenters. The molecule has 0 N–H and O–H groups in total. The molecule has 3 aromatic rings. The molecule has 3 heterocycles. The Morgan fingerprint density at radius 2 is 1.33 bits per heavy atom. The molecule has 0 amide bonds. The summed E-state index contributed by atoms with van der Waals surface area (Å²) in [5, 5.41) is -0.00262. The van der Waals surface area contributed by atoms with Crippen LogP contribution in [-0.2, 0) is 18.0 Å². The monoisotopic (exact) mass is 732 g/mol. The molecule has 1 aliphatic rings. The van der Waals surface area contributed by atoms with Gasteiger partial charge in [-0.3, -0.25) is 9.36 Å². The van der Waals surface area contributed by atoms with Gasteiger partial charge >= 0.3 is 0 Å². The molecule has 0 aliphatic carbocycles. The van der Waals surface area contributed by atoms with Crippen LogP contribution in [0.1, 0.15) is 84.7 Å². The van der Waals surface area contributed by atoms with Gasteiger partial charge in [-0.15, -0.1) is 0 Å². The van der Waals surface area contributed by atoms with Gasteiger partial charge in [-0.05, 0) is 54.4 Å². The van der Waals surface area contributed by atoms with E-state index in [4.69, 9.17) is 34.6 Å². The molecule has 4 atom stereocenters. The number of rotatable bonds is 10. The lowest BCUT2D eigenvalue weighted by Crippen LogP contribution is -2.54. The van der Waals surface area contributed by atoms with Crippen LogP contribution in [-0.4, -0.2) is 75.2 Å². The first-order valence-corrected chi connectivity index (χ1v) is 26.0. The number of carbonyl (C=O) groups excluding carboxylic acids is 1. The van der Waals surface area contributed by atoms with Crippen molar-refractivity contribution in [3.63, 3.8) is 0 Å². The lowest BCUT2D eigenvalue weighted by molar-refractivity contribution is -0.0470. The Morgan fingerprint density at radius 3 is 1.85 bits per heavy atom. The Labute approximate surface area is 295 Å². The number of nitrogens with zero attached hydrogens (tertiary/aromatic N) is 4. The molecular formula is C35H57ClN4O5Si3. The Kier molecular flexibility index (Phi) is 10.9. The van der Waals surface area contributed by atoms with Gasteiger partial charge in [0.25, 0.3) is 0 Å². The maximum absolute atomic E-state index is 13.5. The minimum atomic E-state index is -2.38. The highest BCUT2D eigenvalue weighted by atomic mass is 35.5. The molecule has 1 fully saturated rings. The summed E-state index contributed by atoms with van der Waals surface area (Å²) in [5.41, 5.74) is 1.26. The number of hydrogen-bond donors (Lipinski definition) is 0. The normalized spacial score (nSPS) is 21.7. The average Bonchev–Trinajstić information content (AvgIpc) is 3.51. The number of carbonyl (C=O) groups is 1. The molecule has 1 saturated heterocycles. The Bertz CT molecular complexity index is 1610. The molecule has 0 radical (unpaired) electrons. The van der Waals surface area contributed by atoms with Crippen LogP contribution >= 0.6 is 11.6 Å². The molecule has 1 aliphatic heterocycles. The molecule has 48 heavy (non-hydrogen) atoms. The zero-order chi connectivity index (χ0) is 36.3. The minimum absolute atomic E-state index is 0.00723. The SMILES string of the molecule is CC(C)(C)[Si](C)(C)OC[C@H]1O[C@@H](n2cnc3c(Cl)nc(C(=O)c4ccccc4)nc32)[C@H](O[Si](C)(C)C(C)(C)C)[C@@H]1O[Si](C)(C)C(C)(C)C. The van der Waals surface area contributed by atoms with Crippen molar-refractivity contribution in [3.8, 4) is 0 Å². The van der Waals surface area contributed by atoms with Gasteiger partial charge in [0.05, 0.1) is 12.9 Å². The van der Waals surface area contributed by atoms with E-state index in [-0.39, 0.29) is 31.9 Å². The van der Waals surface area contributed by atoms with E-state index in [0.717, 1.165) is 0 Å². The van der Waals surface area contributed by atoms with Crippen LogP contribution in [0.2, 0.25) is 59.5 Å². The van der Waals surface area contributed by atoms with Crippen molar-refractivity contribution in [1.29, 1.82) is 0 Å². The molecule has 0 bridgehead atoms. The first-order valence-electron chi connectivity index (χ1n) is 16.9. The van der Waals surface area contributed by atoms with E-state index < -0.39 is 49.5 Å². The van der Waals surface area contributed by atoms with E-state index >= 15 is 0 Å². The second kappa shape index (κ2) is 13.4. The van der Waals surface area contributed by atoms with Crippen molar-refractivity contribution in [2.24, 2.45) is 0 Å². The van der Waals surface area contributed by atoms with E-state index in [1.54, 1.807) is 30.6 Å². The zero-order valence-electron chi connectivity index (χ0n) is 31.7. The van der Waals surface area contributed by atoms with Gasteiger partial charge in [0, 0.05) is 5.56 Å². The van der Waals surface area contributed by atoms with E-state index in [0.29, 0.717) is 23.3 Å². The van der Waals surface area contributed by atoms with Gasteiger partial charge in [-0.1, -0.05) is 104 Å². The standard InChI is InChI=1S/C35H57ClN4O5Si3/c1-33(2,3)46(10,11)42-21-24-27(44-47(12,13)34(4,5)6)28(45-48(14,15)35(7,8)9)32(43-24)40-22-37-25-29(36)38-30(39-31(25)40)26(41)23-19-17-16-18-20-23/h16-20,22,24,27-28,32H,21H2,1-15H3/t24-,27-,28-,32-/m1/s1. The summed E-state index contributed by atoms with van der Waals surface area (Å²) in [7, 11) is -6.85. The predicted octanol–water partition coefficient (Wildman–Crippen LogP) is 9.41. The molecule has 1 aromatic carbocycles. The predicted molar refractivity (Wildman–Crippen MR) is 201 cm³/mol. The van der Waals surface area contributed by atoms with E-state index in [9.17, 15) is 4.79 Å². The first-order chi connectivity index (χ1) is 21.8. The topological polar surface area (TPSA) is 97.6 Å². The minimum Gasteiger partial charge on any atom is -0.414 e. The van der Waals surface area contributed by atoms with Crippen LogP contribution in [0, 0.1) is 0 Å². The number of halogens is 1. The smallest absolute Gasteiger partial charge is 0.230 e. The third-order valence-electron chi connectivity index (χ3n) is 11.1. The molecular weight excluding hydrogens is 676 g/mol. The average molecular weight is 734 g/mol. The Balaban J connectivity index is 1.88. The number of imidazole rings is 1. The highest BCUT2D eigenvalue weighted by molar-refractivity contribution is 6.75. The summed E-state index contributed by atoms with van der Waals surface area (Å²) in [4.78, 5) is 27.2. The summed E-state index contributed by atoms with van der Waals surface area (Å²) in [6.45, 7) is 34.0. The summed E-state index contributed by atoms with van der Waals surface area (Å²) >= 11 is 6.67. The quantitative estimate of drug-likeness (QED) is 0.116. The van der Waals surface area contributed by atoms with Crippen molar-refractivity contribution < 1.29 is 22.8 Å². The van der Waals surface area contributed by atoms with Gasteiger partial charge in [0.2, 0.25) is 11.6 Å². The van der Waals surface area contributed by atoms with Gasteiger partial charge in [0.1, 0.15) is 23.8 Å². The summed E-state index contributed by atoms with van der Waals surface area (Å²) < 4.78 is 30.3. The van der Waals surface area contributed by atoms with Crippen LogP contribution < -0.4 is 0 Å². The second-order valence-electron chi connectivity index (χ2n) is 17.7. The van der Waals surface area contributed by atoms with E-state index in [1.807, 2.05) is 10.6 Å². The number of fused-ring (bicyclic) bond motifs is 1. The van der Waals surface area contributed by atoms with E-state index in [1.165, 1.54) is 0 Å². The number of aromatic nitrogens is 4. The number of ketones is 1. The summed E-state index contributed by atoms with van der Waals surface area (Å²) in [6, 6.07) is 8.94. The number of benzene rings is 1. The molecule has 9 nitrogen and oxygen atoms in total. The molecule has 13 heteroatoms. The lowest BCUT2D eigenvalue weighted by atomic mass is 10.1. The van der Waals surface area contributed by atoms with Crippen molar-refractivity contribution in [3.05, 3.63) is 53.2 Å². The Morgan fingerprint density at radius 1 is 0.812 bits per heavy atom. The van der Waals surface area contributed by atoms with Gasteiger partial charge in [0.15, 0.2) is 42.0 Å². The molecule has 2 aromatic heterocycles. The fourth-order valence-electron chi connectivity index (χ4n) is 4.76. The van der Waals surface area contributed by atoms with Crippen LogP contribution in [0.25, 0.3) is 11.2 Å². The maximum atomic E-state index is 13.5. The summed E-state index contributed by atoms with van der Waals surface area (Å²) in [5.74, 6) is -0.333. The largest absolute Gasteiger partial charge is 0.414 e. The second-order valence-corrected chi connectivity index (χ2v) is 32.4. The number of ether oxygens (including phenoxy) is 1. The molecule has 0 saturated carbocycles. The van der Waals surface area contributed by atoms with Crippen molar-refractivity contribution in [2.75, 3.05) is 6.61 Å². The molecule has 266 valence electrons.